The van der Waals surface area contributed by atoms with Gasteiger partial charge in [-0.1, -0.05) is 376 Å². The first kappa shape index (κ1) is 81.3. The summed E-state index contributed by atoms with van der Waals surface area (Å²) >= 11 is 0. The number of carbonyl (C=O) groups is 2. The molecule has 0 aromatic carbocycles. The number of carbonyl (C=O) groups excluding carboxylic acids is 2. The van der Waals surface area contributed by atoms with Crippen molar-refractivity contribution in [2.75, 3.05) is 13.2 Å². The molecule has 0 spiro atoms. The summed E-state index contributed by atoms with van der Waals surface area (Å²) in [5.74, 6) is -0.568. The largest absolute Gasteiger partial charge is 0.462 e. The third-order valence-electron chi connectivity index (χ3n) is 17.0. The lowest BCUT2D eigenvalue weighted by Crippen LogP contribution is -2.28. The molecule has 1 atom stereocenters. The molecule has 0 aliphatic rings. The molecule has 0 saturated carbocycles. The van der Waals surface area contributed by atoms with Crippen LogP contribution in [0.2, 0.25) is 0 Å². The second-order valence-electron chi connectivity index (χ2n) is 25.3. The SMILES string of the molecule is CC/C=C\C/C=C\C/C=C\C/C=C\C/C=C\CCCCCCCCCCCCCCCCCCCCCC(=O)OC(CO)COC(=O)CCCCCCCCCCCCCCCCCCCCCCCCC/C=C\CCCCCCCCCC. The van der Waals surface area contributed by atoms with Gasteiger partial charge < -0.3 is 14.6 Å². The normalized spacial score (nSPS) is 12.6. The maximum atomic E-state index is 12.4. The summed E-state index contributed by atoms with van der Waals surface area (Å²) in [5, 5.41) is 9.72. The van der Waals surface area contributed by atoms with Crippen LogP contribution >= 0.6 is 0 Å². The minimum atomic E-state index is -0.773. The molecule has 0 aromatic rings. The monoisotopic (exact) mass is 1170 g/mol. The van der Waals surface area contributed by atoms with Gasteiger partial charge in [0.15, 0.2) is 6.10 Å². The van der Waals surface area contributed by atoms with Crippen LogP contribution in [0.15, 0.2) is 72.9 Å². The van der Waals surface area contributed by atoms with Gasteiger partial charge in [-0.05, 0) is 83.5 Å². The standard InChI is InChI=1S/C79H144O5/c1-3-5-7-9-11-13-15-17-19-21-23-25-27-29-31-33-35-37-39-41-43-45-47-49-51-53-55-57-59-61-63-65-67-69-71-73-78(81)83-76-77(75-80)84-79(82)74-72-70-68-66-64-62-60-58-56-54-52-50-48-46-44-42-40-38-36-34-32-30-28-26-24-22-20-18-16-14-12-10-8-6-4-2/h6,8,12,14,18,20-21,23-24,26,30,32,77,80H,3-5,7,9-11,13,15-17,19,22,25,27-29,31,33-76H2,1-2H3/b8-6-,14-12-,20-18-,23-21-,26-24-,32-30-. The molecule has 0 aliphatic carbocycles. The number of aliphatic hydroxyl groups excluding tert-OH is 1. The Morgan fingerprint density at radius 3 is 0.786 bits per heavy atom. The van der Waals surface area contributed by atoms with Crippen molar-refractivity contribution in [1.82, 2.24) is 0 Å². The number of hydrogen-bond acceptors (Lipinski definition) is 5. The van der Waals surface area contributed by atoms with Gasteiger partial charge in [0.05, 0.1) is 6.61 Å². The number of unbranched alkanes of at least 4 members (excludes halogenated alkanes) is 50. The second kappa shape index (κ2) is 74.6. The van der Waals surface area contributed by atoms with Crippen LogP contribution in [0.25, 0.3) is 0 Å². The molecule has 5 nitrogen and oxygen atoms in total. The zero-order valence-corrected chi connectivity index (χ0v) is 56.4. The van der Waals surface area contributed by atoms with E-state index in [1.807, 2.05) is 0 Å². The summed E-state index contributed by atoms with van der Waals surface area (Å²) < 4.78 is 10.8. The molecule has 1 unspecified atom stereocenters. The molecule has 490 valence electrons. The summed E-state index contributed by atoms with van der Waals surface area (Å²) in [6.45, 7) is 4.08. The van der Waals surface area contributed by atoms with E-state index in [2.05, 4.69) is 86.8 Å². The lowest BCUT2D eigenvalue weighted by Gasteiger charge is -2.15. The van der Waals surface area contributed by atoms with E-state index in [9.17, 15) is 14.7 Å². The van der Waals surface area contributed by atoms with Crippen LogP contribution in [0.5, 0.6) is 0 Å². The van der Waals surface area contributed by atoms with Crippen molar-refractivity contribution in [3.8, 4) is 0 Å². The lowest BCUT2D eigenvalue weighted by molar-refractivity contribution is -0.161. The Kier molecular flexibility index (Phi) is 72.2. The Labute approximate surface area is 524 Å². The summed E-state index contributed by atoms with van der Waals surface area (Å²) in [6.07, 6.45) is 104. The Morgan fingerprint density at radius 2 is 0.512 bits per heavy atom. The van der Waals surface area contributed by atoms with E-state index < -0.39 is 6.10 Å². The van der Waals surface area contributed by atoms with E-state index >= 15 is 0 Å². The van der Waals surface area contributed by atoms with Gasteiger partial charge >= 0.3 is 11.9 Å². The maximum Gasteiger partial charge on any atom is 0.306 e. The van der Waals surface area contributed by atoms with Crippen LogP contribution in [0, 0.1) is 0 Å². The maximum absolute atomic E-state index is 12.4. The van der Waals surface area contributed by atoms with Gasteiger partial charge in [0.1, 0.15) is 6.61 Å². The van der Waals surface area contributed by atoms with E-state index in [1.165, 1.54) is 302 Å². The summed E-state index contributed by atoms with van der Waals surface area (Å²) in [5.41, 5.74) is 0. The summed E-state index contributed by atoms with van der Waals surface area (Å²) in [4.78, 5) is 24.7. The minimum absolute atomic E-state index is 0.0612. The average molecular weight is 1170 g/mol. The number of allylic oxidation sites excluding steroid dienone is 12. The van der Waals surface area contributed by atoms with Gasteiger partial charge in [-0.2, -0.15) is 0 Å². The molecule has 84 heavy (non-hydrogen) atoms. The Morgan fingerprint density at radius 1 is 0.286 bits per heavy atom. The molecule has 5 heteroatoms. The van der Waals surface area contributed by atoms with Crippen LogP contribution in [-0.2, 0) is 19.1 Å². The molecular formula is C79H144O5. The fourth-order valence-corrected chi connectivity index (χ4v) is 11.4. The Hall–Kier alpha value is -2.66. The van der Waals surface area contributed by atoms with E-state index in [4.69, 9.17) is 9.47 Å². The minimum Gasteiger partial charge on any atom is -0.462 e. The van der Waals surface area contributed by atoms with E-state index in [0.717, 1.165) is 70.6 Å². The number of rotatable bonds is 70. The molecule has 0 amide bonds. The summed E-state index contributed by atoms with van der Waals surface area (Å²) in [6, 6.07) is 0. The van der Waals surface area contributed by atoms with Crippen molar-refractivity contribution in [1.29, 1.82) is 0 Å². The van der Waals surface area contributed by atoms with Crippen molar-refractivity contribution in [2.24, 2.45) is 0 Å². The van der Waals surface area contributed by atoms with Gasteiger partial charge in [0.25, 0.3) is 0 Å². The predicted molar refractivity (Wildman–Crippen MR) is 371 cm³/mol. The highest BCUT2D eigenvalue weighted by Gasteiger charge is 2.16. The van der Waals surface area contributed by atoms with Gasteiger partial charge in [0.2, 0.25) is 0 Å². The zero-order chi connectivity index (χ0) is 60.5. The zero-order valence-electron chi connectivity index (χ0n) is 56.4. The fourth-order valence-electron chi connectivity index (χ4n) is 11.4. The highest BCUT2D eigenvalue weighted by molar-refractivity contribution is 5.70. The highest BCUT2D eigenvalue weighted by atomic mass is 16.6. The quantitative estimate of drug-likeness (QED) is 0.0373. The lowest BCUT2D eigenvalue weighted by atomic mass is 10.0. The van der Waals surface area contributed by atoms with Gasteiger partial charge in [-0.25, -0.2) is 0 Å². The number of aliphatic hydroxyl groups is 1. The van der Waals surface area contributed by atoms with E-state index in [0.29, 0.717) is 12.8 Å². The molecule has 1 N–H and O–H groups in total. The van der Waals surface area contributed by atoms with Crippen molar-refractivity contribution < 1.29 is 24.2 Å². The molecule has 0 saturated heterocycles. The van der Waals surface area contributed by atoms with Crippen LogP contribution in [-0.4, -0.2) is 36.4 Å². The first-order valence-corrected chi connectivity index (χ1v) is 37.5. The molecular weight excluding hydrogens is 1030 g/mol. The van der Waals surface area contributed by atoms with Crippen LogP contribution in [0.3, 0.4) is 0 Å². The van der Waals surface area contributed by atoms with Crippen LogP contribution < -0.4 is 0 Å². The molecule has 0 radical (unpaired) electrons. The molecule has 0 aromatic heterocycles. The first-order valence-electron chi connectivity index (χ1n) is 37.5. The molecule has 0 aliphatic heterocycles. The third-order valence-corrected chi connectivity index (χ3v) is 17.0. The molecule has 0 rings (SSSR count). The second-order valence-corrected chi connectivity index (χ2v) is 25.3. The number of hydrogen-bond donors (Lipinski definition) is 1. The first-order chi connectivity index (χ1) is 41.6. The molecule has 0 bridgehead atoms. The third kappa shape index (κ3) is 71.8. The van der Waals surface area contributed by atoms with Crippen LogP contribution in [0.4, 0.5) is 0 Å². The van der Waals surface area contributed by atoms with Crippen LogP contribution in [0.1, 0.15) is 399 Å². The van der Waals surface area contributed by atoms with E-state index in [1.54, 1.807) is 0 Å². The van der Waals surface area contributed by atoms with Gasteiger partial charge in [-0.3, -0.25) is 9.59 Å². The predicted octanol–water partition coefficient (Wildman–Crippen LogP) is 26.2. The van der Waals surface area contributed by atoms with Gasteiger partial charge in [-0.15, -0.1) is 0 Å². The van der Waals surface area contributed by atoms with E-state index in [-0.39, 0.29) is 25.2 Å². The molecule has 0 fully saturated rings. The van der Waals surface area contributed by atoms with Crippen molar-refractivity contribution >= 4 is 11.9 Å². The summed E-state index contributed by atoms with van der Waals surface area (Å²) in [7, 11) is 0. The average Bonchev–Trinajstić information content (AvgIpc) is 3.51. The topological polar surface area (TPSA) is 72.8 Å². The Bertz CT molecular complexity index is 1470. The van der Waals surface area contributed by atoms with Crippen molar-refractivity contribution in [3.05, 3.63) is 72.9 Å². The van der Waals surface area contributed by atoms with Crippen molar-refractivity contribution in [3.63, 3.8) is 0 Å². The number of esters is 2. The Balaban J connectivity index is 3.39. The number of ether oxygens (including phenoxy) is 2. The smallest absolute Gasteiger partial charge is 0.306 e. The van der Waals surface area contributed by atoms with Gasteiger partial charge in [0, 0.05) is 12.8 Å². The highest BCUT2D eigenvalue weighted by Crippen LogP contribution is 2.19. The molecule has 0 heterocycles. The fraction of sp³-hybridized carbons (Fsp3) is 0.823. The van der Waals surface area contributed by atoms with Crippen molar-refractivity contribution in [2.45, 2.75) is 405 Å².